The van der Waals surface area contributed by atoms with Gasteiger partial charge in [-0.1, -0.05) is 35.9 Å². The smallest absolute Gasteiger partial charge is 0.245 e. The molecule has 4 N–H and O–H groups in total. The number of aliphatic hydroxyl groups excluding tert-OH is 1. The monoisotopic (exact) mass is 556 g/mol. The Balaban J connectivity index is 0.000000472. The van der Waals surface area contributed by atoms with E-state index in [2.05, 4.69) is 16.0 Å². The lowest BCUT2D eigenvalue weighted by atomic mass is 10.1. The lowest BCUT2D eigenvalue weighted by Gasteiger charge is -2.32. The highest BCUT2D eigenvalue weighted by Gasteiger charge is 2.41. The number of ether oxygens (including phenoxy) is 1. The fraction of sp³-hybridized carbons (Fsp3) is 0.500. The predicted molar refractivity (Wildman–Crippen MR) is 150 cm³/mol. The summed E-state index contributed by atoms with van der Waals surface area (Å²) in [4.78, 5) is 39.3. The number of halogens is 1. The molecule has 3 amide bonds. The van der Waals surface area contributed by atoms with Gasteiger partial charge in [-0.25, -0.2) is 4.39 Å². The highest BCUT2D eigenvalue weighted by atomic mass is 19.1. The van der Waals surface area contributed by atoms with Crippen molar-refractivity contribution in [3.8, 4) is 5.75 Å². The van der Waals surface area contributed by atoms with Gasteiger partial charge in [0.2, 0.25) is 17.7 Å². The van der Waals surface area contributed by atoms with E-state index in [9.17, 15) is 23.9 Å². The number of nitrogens with one attached hydrogen (secondary N) is 3. The average molecular weight is 557 g/mol. The Morgan fingerprint density at radius 2 is 1.73 bits per heavy atom. The summed E-state index contributed by atoms with van der Waals surface area (Å²) in [5.41, 5.74) is 2.15. The van der Waals surface area contributed by atoms with Crippen molar-refractivity contribution in [2.75, 3.05) is 33.3 Å². The number of carbonyl (C=O) groups is 3. The van der Waals surface area contributed by atoms with E-state index < -0.39 is 24.1 Å². The summed E-state index contributed by atoms with van der Waals surface area (Å²) in [7, 11) is 1.52. The van der Waals surface area contributed by atoms with Crippen LogP contribution in [-0.4, -0.2) is 79.2 Å². The molecule has 1 aliphatic heterocycles. The molecule has 9 nitrogen and oxygen atoms in total. The Morgan fingerprint density at radius 3 is 2.38 bits per heavy atom. The Hall–Kier alpha value is -3.50. The molecule has 1 heterocycles. The highest BCUT2D eigenvalue weighted by Crippen LogP contribution is 2.33. The SMILES string of the molecule is CC(O)C1C(=O)NCC(=O)NCCCc2ccccc2OCCNC(C2CC2)C(=O)N1C.Cc1ccc(F)cc1. The number of fused-ring (bicyclic) bond motifs is 1. The van der Waals surface area contributed by atoms with Crippen LogP contribution < -0.4 is 20.7 Å². The Kier molecular flexibility index (Phi) is 11.9. The van der Waals surface area contributed by atoms with Gasteiger partial charge in [0, 0.05) is 20.1 Å². The second-order valence-corrected chi connectivity index (χ2v) is 10.3. The first kappa shape index (κ1) is 31.0. The van der Waals surface area contributed by atoms with Gasteiger partial charge in [0.25, 0.3) is 0 Å². The molecule has 1 aliphatic carbocycles. The van der Waals surface area contributed by atoms with Crippen LogP contribution in [0, 0.1) is 18.7 Å². The third-order valence-corrected chi connectivity index (χ3v) is 6.93. The van der Waals surface area contributed by atoms with E-state index >= 15 is 0 Å². The molecule has 2 aromatic rings. The number of rotatable bonds is 2. The van der Waals surface area contributed by atoms with Gasteiger partial charge in [0.05, 0.1) is 18.7 Å². The van der Waals surface area contributed by atoms with E-state index in [1.807, 2.05) is 31.2 Å². The quantitative estimate of drug-likeness (QED) is 0.449. The minimum Gasteiger partial charge on any atom is -0.492 e. The zero-order chi connectivity index (χ0) is 29.1. The van der Waals surface area contributed by atoms with Crippen molar-refractivity contribution < 1.29 is 28.6 Å². The van der Waals surface area contributed by atoms with Gasteiger partial charge < -0.3 is 30.7 Å². The van der Waals surface area contributed by atoms with Crippen LogP contribution in [0.15, 0.2) is 48.5 Å². The van der Waals surface area contributed by atoms with E-state index in [0.717, 1.165) is 42.6 Å². The van der Waals surface area contributed by atoms with Crippen molar-refractivity contribution in [2.24, 2.45) is 5.92 Å². The van der Waals surface area contributed by atoms with Crippen LogP contribution in [0.4, 0.5) is 4.39 Å². The predicted octanol–water partition coefficient (Wildman–Crippen LogP) is 1.95. The number of benzene rings is 2. The first-order valence-corrected chi connectivity index (χ1v) is 13.8. The van der Waals surface area contributed by atoms with Gasteiger partial charge in [0.15, 0.2) is 0 Å². The van der Waals surface area contributed by atoms with Crippen LogP contribution >= 0.6 is 0 Å². The van der Waals surface area contributed by atoms with E-state index in [0.29, 0.717) is 19.7 Å². The molecule has 2 aliphatic rings. The van der Waals surface area contributed by atoms with Gasteiger partial charge >= 0.3 is 0 Å². The maximum atomic E-state index is 13.2. The summed E-state index contributed by atoms with van der Waals surface area (Å²) < 4.78 is 18.0. The summed E-state index contributed by atoms with van der Waals surface area (Å²) in [5, 5.41) is 18.8. The maximum Gasteiger partial charge on any atom is 0.245 e. The van der Waals surface area contributed by atoms with Crippen molar-refractivity contribution in [3.63, 3.8) is 0 Å². The normalized spacial score (nSPS) is 22.2. The van der Waals surface area contributed by atoms with Crippen LogP contribution in [0.2, 0.25) is 0 Å². The molecule has 0 spiro atoms. The fourth-order valence-corrected chi connectivity index (χ4v) is 4.56. The Labute approximate surface area is 235 Å². The molecular weight excluding hydrogens is 515 g/mol. The van der Waals surface area contributed by atoms with Gasteiger partial charge in [-0.3, -0.25) is 14.4 Å². The molecule has 218 valence electrons. The van der Waals surface area contributed by atoms with Crippen LogP contribution in [0.5, 0.6) is 5.75 Å². The molecule has 1 fully saturated rings. The fourth-order valence-electron chi connectivity index (χ4n) is 4.56. The second-order valence-electron chi connectivity index (χ2n) is 10.3. The standard InChI is InChI=1S/C23H34N4O5.C7H7F/c1-15(28)21-22(30)26-14-19(29)24-11-5-7-16-6-3-4-8-18(16)32-13-12-25-20(17-9-10-17)23(31)27(21)2;1-6-2-4-7(8)5-3-6/h3-4,6,8,15,17,20-21,25,28H,5,7,9-14H2,1-2H3,(H,24,29)(H,26,30);2-5H,1H3. The van der Waals surface area contributed by atoms with Gasteiger partial charge in [-0.15, -0.1) is 0 Å². The van der Waals surface area contributed by atoms with Crippen LogP contribution in [0.3, 0.4) is 0 Å². The molecule has 3 unspecified atom stereocenters. The first-order chi connectivity index (χ1) is 19.2. The van der Waals surface area contributed by atoms with E-state index in [1.54, 1.807) is 12.1 Å². The van der Waals surface area contributed by atoms with Crippen LogP contribution in [-0.2, 0) is 20.8 Å². The number of para-hydroxylation sites is 1. The zero-order valence-electron chi connectivity index (χ0n) is 23.5. The molecule has 0 radical (unpaired) electrons. The van der Waals surface area contributed by atoms with E-state index in [-0.39, 0.29) is 30.1 Å². The molecule has 0 aromatic heterocycles. The maximum absolute atomic E-state index is 13.2. The molecule has 0 bridgehead atoms. The van der Waals surface area contributed by atoms with Crippen molar-refractivity contribution in [1.82, 2.24) is 20.9 Å². The van der Waals surface area contributed by atoms with E-state index in [4.69, 9.17) is 4.74 Å². The molecule has 10 heteroatoms. The summed E-state index contributed by atoms with van der Waals surface area (Å²) in [5.74, 6) is -0.296. The number of nitrogens with zero attached hydrogens (tertiary/aromatic N) is 1. The lowest BCUT2D eigenvalue weighted by molar-refractivity contribution is -0.144. The largest absolute Gasteiger partial charge is 0.492 e. The van der Waals surface area contributed by atoms with E-state index in [1.165, 1.54) is 31.0 Å². The molecule has 1 saturated carbocycles. The summed E-state index contributed by atoms with van der Waals surface area (Å²) >= 11 is 0. The topological polar surface area (TPSA) is 120 Å². The second kappa shape index (κ2) is 15.3. The number of likely N-dealkylation sites (N-methyl/N-ethyl adjacent to an activating group) is 1. The minimum atomic E-state index is -1.09. The number of aryl methyl sites for hydroxylation is 2. The Bertz CT molecular complexity index is 1100. The molecule has 0 saturated heterocycles. The third-order valence-electron chi connectivity index (χ3n) is 6.93. The van der Waals surface area contributed by atoms with Gasteiger partial charge in [-0.2, -0.15) is 0 Å². The van der Waals surface area contributed by atoms with Gasteiger partial charge in [0.1, 0.15) is 24.2 Å². The number of carbonyl (C=O) groups excluding carboxylic acids is 3. The Morgan fingerprint density at radius 1 is 1.02 bits per heavy atom. The van der Waals surface area contributed by atoms with Crippen molar-refractivity contribution in [2.45, 2.75) is 57.7 Å². The molecule has 4 rings (SSSR count). The van der Waals surface area contributed by atoms with Crippen molar-refractivity contribution in [3.05, 3.63) is 65.5 Å². The highest BCUT2D eigenvalue weighted by molar-refractivity contribution is 5.92. The number of aliphatic hydroxyl groups is 1. The summed E-state index contributed by atoms with van der Waals surface area (Å²) in [6, 6.07) is 12.7. The minimum absolute atomic E-state index is 0.171. The lowest BCUT2D eigenvalue weighted by Crippen LogP contribution is -2.58. The number of amides is 3. The summed E-state index contributed by atoms with van der Waals surface area (Å²) in [6.45, 7) is 4.52. The van der Waals surface area contributed by atoms with Crippen LogP contribution in [0.25, 0.3) is 0 Å². The molecule has 3 atom stereocenters. The molecule has 2 aromatic carbocycles. The first-order valence-electron chi connectivity index (χ1n) is 13.8. The average Bonchev–Trinajstić information content (AvgIpc) is 3.77. The van der Waals surface area contributed by atoms with Crippen LogP contribution in [0.1, 0.15) is 37.3 Å². The number of hydrogen-bond acceptors (Lipinski definition) is 6. The van der Waals surface area contributed by atoms with Crippen molar-refractivity contribution in [1.29, 1.82) is 0 Å². The third kappa shape index (κ3) is 9.60. The van der Waals surface area contributed by atoms with Crippen molar-refractivity contribution >= 4 is 17.7 Å². The molecular formula is C30H41FN4O5. The van der Waals surface area contributed by atoms with Gasteiger partial charge in [-0.05, 0) is 69.2 Å². The summed E-state index contributed by atoms with van der Waals surface area (Å²) in [6.07, 6.45) is 2.26. The molecule has 40 heavy (non-hydrogen) atoms. The zero-order valence-corrected chi connectivity index (χ0v) is 23.5. The number of hydrogen-bond donors (Lipinski definition) is 4.